The highest BCUT2D eigenvalue weighted by Gasteiger charge is 2.47. The first-order valence-corrected chi connectivity index (χ1v) is 10.6. The van der Waals surface area contributed by atoms with Gasteiger partial charge in [0.2, 0.25) is 5.91 Å². The van der Waals surface area contributed by atoms with Crippen LogP contribution >= 0.6 is 0 Å². The minimum atomic E-state index is -3.11. The summed E-state index contributed by atoms with van der Waals surface area (Å²) < 4.78 is 27.2. The lowest BCUT2D eigenvalue weighted by molar-refractivity contribution is -0.131. The highest BCUT2D eigenvalue weighted by Crippen LogP contribution is 2.31. The summed E-state index contributed by atoms with van der Waals surface area (Å²) in [6, 6.07) is 11.4. The Kier molecular flexibility index (Phi) is 6.32. The molecule has 172 valence electrons. The van der Waals surface area contributed by atoms with Crippen LogP contribution in [0.4, 0.5) is 8.78 Å². The molecule has 2 amide bonds. The highest BCUT2D eigenvalue weighted by molar-refractivity contribution is 6.07. The summed E-state index contributed by atoms with van der Waals surface area (Å²) in [6.45, 7) is 0.635. The molecule has 3 heterocycles. The lowest BCUT2D eigenvalue weighted by atomic mass is 10.00. The molecule has 1 N–H and O–H groups in total. The topological polar surface area (TPSA) is 99.0 Å². The first-order valence-electron chi connectivity index (χ1n) is 10.6. The van der Waals surface area contributed by atoms with Crippen LogP contribution in [0, 0.1) is 11.3 Å². The van der Waals surface area contributed by atoms with Gasteiger partial charge in [0.1, 0.15) is 6.04 Å². The second kappa shape index (κ2) is 9.35. The fraction of sp³-hybridized carbons (Fsp3) is 0.240. The van der Waals surface area contributed by atoms with Gasteiger partial charge in [-0.15, -0.1) is 0 Å². The summed E-state index contributed by atoms with van der Waals surface area (Å²) in [6.07, 6.45) is 6.19. The maximum atomic E-state index is 13.6. The van der Waals surface area contributed by atoms with E-state index in [1.807, 2.05) is 37.3 Å². The molecule has 1 fully saturated rings. The number of halogens is 2. The van der Waals surface area contributed by atoms with Crippen LogP contribution in [0.3, 0.4) is 0 Å². The molecule has 0 saturated carbocycles. The van der Waals surface area contributed by atoms with Crippen molar-refractivity contribution in [2.24, 2.45) is 0 Å². The van der Waals surface area contributed by atoms with Crippen LogP contribution in [-0.4, -0.2) is 51.7 Å². The maximum absolute atomic E-state index is 13.6. The van der Waals surface area contributed by atoms with Crippen LogP contribution in [0.2, 0.25) is 0 Å². The minimum absolute atomic E-state index is 0.306. The standard InChI is InChI=1S/C25H21F2N5O2/c1-16(10-17-4-7-29-8-5-17)18-2-3-22-21(11-18)20(6-9-30-22)24(34)31-14-23(33)32-15-25(26,27)12-19(32)13-28/h2-11,19H,12,14-15H2,1H3,(H,31,34). The number of rotatable bonds is 5. The quantitative estimate of drug-likeness (QED) is 0.625. The van der Waals surface area contributed by atoms with Crippen LogP contribution in [0.5, 0.6) is 0 Å². The maximum Gasteiger partial charge on any atom is 0.268 e. The van der Waals surface area contributed by atoms with E-state index in [1.165, 1.54) is 12.3 Å². The number of nitrogens with one attached hydrogen (secondary N) is 1. The van der Waals surface area contributed by atoms with Gasteiger partial charge >= 0.3 is 0 Å². The predicted molar refractivity (Wildman–Crippen MR) is 123 cm³/mol. The molecule has 7 nitrogen and oxygen atoms in total. The van der Waals surface area contributed by atoms with E-state index in [9.17, 15) is 18.4 Å². The monoisotopic (exact) mass is 461 g/mol. The van der Waals surface area contributed by atoms with Gasteiger partial charge in [-0.1, -0.05) is 12.1 Å². The van der Waals surface area contributed by atoms with E-state index < -0.39 is 43.3 Å². The number of nitrogens with zero attached hydrogens (tertiary/aromatic N) is 4. The molecule has 2 aromatic heterocycles. The molecule has 0 bridgehead atoms. The number of hydrogen-bond donors (Lipinski definition) is 1. The smallest absolute Gasteiger partial charge is 0.268 e. The van der Waals surface area contributed by atoms with Crippen molar-refractivity contribution in [3.63, 3.8) is 0 Å². The molecule has 1 aromatic carbocycles. The lowest BCUT2D eigenvalue weighted by Crippen LogP contribution is -2.43. The summed E-state index contributed by atoms with van der Waals surface area (Å²) in [5.41, 5.74) is 3.75. The lowest BCUT2D eigenvalue weighted by Gasteiger charge is -2.19. The number of carbonyl (C=O) groups is 2. The van der Waals surface area contributed by atoms with Gasteiger partial charge in [0, 0.05) is 30.4 Å². The second-order valence-corrected chi connectivity index (χ2v) is 8.11. The van der Waals surface area contributed by atoms with Gasteiger partial charge in [-0.2, -0.15) is 5.26 Å². The number of benzene rings is 1. The predicted octanol–water partition coefficient (Wildman–Crippen LogP) is 3.68. The van der Waals surface area contributed by atoms with Crippen LogP contribution in [0.25, 0.3) is 22.6 Å². The van der Waals surface area contributed by atoms with Gasteiger partial charge in [0.05, 0.1) is 30.2 Å². The summed E-state index contributed by atoms with van der Waals surface area (Å²) >= 11 is 0. The third-order valence-corrected chi connectivity index (χ3v) is 5.67. The van der Waals surface area contributed by atoms with Gasteiger partial charge in [0.15, 0.2) is 0 Å². The molecular weight excluding hydrogens is 440 g/mol. The number of fused-ring (bicyclic) bond motifs is 1. The van der Waals surface area contributed by atoms with Gasteiger partial charge < -0.3 is 10.2 Å². The zero-order valence-corrected chi connectivity index (χ0v) is 18.3. The first kappa shape index (κ1) is 23.0. The number of hydrogen-bond acceptors (Lipinski definition) is 5. The van der Waals surface area contributed by atoms with Crippen molar-refractivity contribution >= 4 is 34.4 Å². The third kappa shape index (κ3) is 4.91. The molecule has 0 spiro atoms. The number of carbonyl (C=O) groups excluding carboxylic acids is 2. The number of amides is 2. The molecule has 1 saturated heterocycles. The molecule has 0 radical (unpaired) electrons. The van der Waals surface area contributed by atoms with E-state index in [-0.39, 0.29) is 0 Å². The van der Waals surface area contributed by atoms with E-state index in [0.717, 1.165) is 21.6 Å². The van der Waals surface area contributed by atoms with E-state index in [4.69, 9.17) is 5.26 Å². The van der Waals surface area contributed by atoms with E-state index in [1.54, 1.807) is 24.5 Å². The normalized spacial score (nSPS) is 17.4. The average molecular weight is 461 g/mol. The molecular formula is C25H21F2N5O2. The molecule has 0 aliphatic carbocycles. The molecule has 9 heteroatoms. The van der Waals surface area contributed by atoms with Gasteiger partial charge in [-0.3, -0.25) is 19.6 Å². The van der Waals surface area contributed by atoms with Crippen molar-refractivity contribution in [2.45, 2.75) is 25.3 Å². The molecule has 4 rings (SSSR count). The van der Waals surface area contributed by atoms with E-state index in [2.05, 4.69) is 15.3 Å². The summed E-state index contributed by atoms with van der Waals surface area (Å²) in [5.74, 6) is -4.38. The first-order chi connectivity index (χ1) is 16.3. The second-order valence-electron chi connectivity index (χ2n) is 8.11. The Labute approximate surface area is 194 Å². The zero-order chi connectivity index (χ0) is 24.3. The summed E-state index contributed by atoms with van der Waals surface area (Å²) in [5, 5.41) is 12.2. The highest BCUT2D eigenvalue weighted by atomic mass is 19.3. The van der Waals surface area contributed by atoms with Crippen LogP contribution in [-0.2, 0) is 4.79 Å². The molecule has 3 aromatic rings. The van der Waals surface area contributed by atoms with E-state index in [0.29, 0.717) is 16.5 Å². The van der Waals surface area contributed by atoms with Crippen molar-refractivity contribution in [1.29, 1.82) is 5.26 Å². The average Bonchev–Trinajstić information content (AvgIpc) is 3.16. The molecule has 34 heavy (non-hydrogen) atoms. The Hall–Kier alpha value is -4.19. The minimum Gasteiger partial charge on any atom is -0.343 e. The SMILES string of the molecule is CC(=Cc1ccncc1)c1ccc2nccc(C(=O)NCC(=O)N3CC(F)(F)CC3C#N)c2c1. The number of alkyl halides is 2. The van der Waals surface area contributed by atoms with Crippen LogP contribution in [0.1, 0.15) is 34.8 Å². The van der Waals surface area contributed by atoms with Crippen molar-refractivity contribution in [3.05, 3.63) is 71.7 Å². The number of nitriles is 1. The number of aromatic nitrogens is 2. The summed E-state index contributed by atoms with van der Waals surface area (Å²) in [4.78, 5) is 34.4. The Morgan fingerprint density at radius 1 is 1.24 bits per heavy atom. The molecule has 1 aliphatic heterocycles. The van der Waals surface area contributed by atoms with Crippen LogP contribution in [0.15, 0.2) is 55.0 Å². The molecule has 1 unspecified atom stereocenters. The summed E-state index contributed by atoms with van der Waals surface area (Å²) in [7, 11) is 0. The number of allylic oxidation sites excluding steroid dienone is 1. The molecule has 1 aliphatic rings. The van der Waals surface area contributed by atoms with Gasteiger partial charge in [0.25, 0.3) is 11.8 Å². The fourth-order valence-electron chi connectivity index (χ4n) is 3.93. The van der Waals surface area contributed by atoms with Crippen molar-refractivity contribution in [1.82, 2.24) is 20.2 Å². The third-order valence-electron chi connectivity index (χ3n) is 5.67. The Balaban J connectivity index is 1.54. The van der Waals surface area contributed by atoms with Crippen molar-refractivity contribution < 1.29 is 18.4 Å². The van der Waals surface area contributed by atoms with Crippen molar-refractivity contribution in [3.8, 4) is 6.07 Å². The zero-order valence-electron chi connectivity index (χ0n) is 18.3. The number of pyridine rings is 2. The Bertz CT molecular complexity index is 1320. The van der Waals surface area contributed by atoms with Gasteiger partial charge in [-0.05, 0) is 54.0 Å². The van der Waals surface area contributed by atoms with E-state index >= 15 is 0 Å². The number of likely N-dealkylation sites (tertiary alicyclic amines) is 1. The fourth-order valence-corrected chi connectivity index (χ4v) is 3.93. The Morgan fingerprint density at radius 3 is 2.74 bits per heavy atom. The largest absolute Gasteiger partial charge is 0.343 e. The van der Waals surface area contributed by atoms with Crippen molar-refractivity contribution in [2.75, 3.05) is 13.1 Å². The molecule has 1 atom stereocenters. The van der Waals surface area contributed by atoms with Crippen LogP contribution < -0.4 is 5.32 Å². The Morgan fingerprint density at radius 2 is 2.00 bits per heavy atom. The van der Waals surface area contributed by atoms with Gasteiger partial charge in [-0.25, -0.2) is 8.78 Å².